The van der Waals surface area contributed by atoms with Crippen molar-refractivity contribution in [3.05, 3.63) is 86.4 Å². The van der Waals surface area contributed by atoms with Crippen LogP contribution in [0.25, 0.3) is 0 Å². The van der Waals surface area contributed by atoms with Crippen LogP contribution < -0.4 is 44.3 Å². The lowest BCUT2D eigenvalue weighted by atomic mass is 10.2. The Morgan fingerprint density at radius 2 is 1.67 bits per heavy atom. The van der Waals surface area contributed by atoms with Gasteiger partial charge in [-0.25, -0.2) is 24.4 Å². The van der Waals surface area contributed by atoms with Crippen molar-refractivity contribution in [1.82, 2.24) is 19.5 Å². The maximum atomic E-state index is 13.3. The van der Waals surface area contributed by atoms with Crippen LogP contribution in [0.5, 0.6) is 5.75 Å². The summed E-state index contributed by atoms with van der Waals surface area (Å²) < 4.78 is 20.7. The number of halogens is 1. The monoisotopic (exact) mass is 560 g/mol. The van der Waals surface area contributed by atoms with E-state index in [9.17, 15) is 14.0 Å². The number of hydrazone groups is 1. The number of ether oxygens (including phenoxy) is 1. The quantitative estimate of drug-likeness (QED) is 0.0808. The van der Waals surface area contributed by atoms with Crippen molar-refractivity contribution >= 4 is 28.7 Å². The van der Waals surface area contributed by atoms with Gasteiger partial charge in [-0.2, -0.15) is 10.1 Å². The van der Waals surface area contributed by atoms with Crippen LogP contribution in [0.4, 0.5) is 10.3 Å². The zero-order valence-electron chi connectivity index (χ0n) is 21.9. The predicted octanol–water partition coefficient (Wildman–Crippen LogP) is 0.481. The lowest BCUT2D eigenvalue weighted by molar-refractivity contribution is 0.414. The molecule has 3 aromatic rings. The average molecular weight is 561 g/mol. The summed E-state index contributed by atoms with van der Waals surface area (Å²) in [6.45, 7) is 2.45. The maximum Gasteiger partial charge on any atom is 0.355 e. The molecule has 8 N–H and O–H groups in total. The number of aromatic nitrogens is 3. The number of benzene rings is 2. The number of thioether (sulfide) groups is 1. The molecule has 39 heavy (non-hydrogen) atoms. The van der Waals surface area contributed by atoms with Crippen molar-refractivity contribution in [1.29, 1.82) is 0 Å². The van der Waals surface area contributed by atoms with E-state index in [1.807, 2.05) is 25.3 Å². The number of methoxy groups -OCH3 is 1. The van der Waals surface area contributed by atoms with Crippen molar-refractivity contribution in [2.75, 3.05) is 31.8 Å². The molecule has 0 bridgehead atoms. The summed E-state index contributed by atoms with van der Waals surface area (Å²) in [5.74, 6) is 10.4. The first-order valence-corrected chi connectivity index (χ1v) is 12.8. The Hall–Kier alpha value is -4.37. The minimum absolute atomic E-state index is 0.0448. The third-order valence-corrected chi connectivity index (χ3v) is 5.90. The zero-order valence-corrected chi connectivity index (χ0v) is 22.7. The van der Waals surface area contributed by atoms with Gasteiger partial charge in [-0.1, -0.05) is 24.3 Å². The fraction of sp³-hybridized carbons (Fsp3) is 0.292. The van der Waals surface area contributed by atoms with Crippen LogP contribution in [0.3, 0.4) is 0 Å². The van der Waals surface area contributed by atoms with E-state index in [4.69, 9.17) is 22.2 Å². The summed E-state index contributed by atoms with van der Waals surface area (Å²) in [5, 5.41) is 7.25. The Kier molecular flexibility index (Phi) is 12.5. The molecule has 0 fully saturated rings. The number of hydrogen-bond donors (Lipinski definition) is 5. The Bertz CT molecular complexity index is 1370. The lowest BCUT2D eigenvalue weighted by Crippen LogP contribution is -2.43. The summed E-state index contributed by atoms with van der Waals surface area (Å²) in [4.78, 5) is 33.9. The van der Waals surface area contributed by atoms with E-state index in [1.54, 1.807) is 31.0 Å². The van der Waals surface area contributed by atoms with Crippen molar-refractivity contribution in [3.8, 4) is 5.75 Å². The highest BCUT2D eigenvalue weighted by Gasteiger charge is 2.14. The molecule has 0 saturated heterocycles. The molecule has 0 spiro atoms. The fourth-order valence-corrected chi connectivity index (χ4v) is 3.18. The van der Waals surface area contributed by atoms with Crippen LogP contribution in [-0.4, -0.2) is 51.6 Å². The number of hydrogen-bond acceptors (Lipinski definition) is 10. The van der Waals surface area contributed by atoms with Gasteiger partial charge in [-0.05, 0) is 48.6 Å². The van der Waals surface area contributed by atoms with Gasteiger partial charge < -0.3 is 21.6 Å². The summed E-state index contributed by atoms with van der Waals surface area (Å²) in [5.41, 5.74) is 7.79. The van der Waals surface area contributed by atoms with Gasteiger partial charge >= 0.3 is 11.4 Å². The van der Waals surface area contributed by atoms with E-state index in [2.05, 4.69) is 25.8 Å². The molecule has 1 heterocycles. The van der Waals surface area contributed by atoms with E-state index in [-0.39, 0.29) is 38.1 Å². The van der Waals surface area contributed by atoms with Crippen molar-refractivity contribution in [2.45, 2.75) is 20.0 Å². The Labute approximate surface area is 228 Å². The molecule has 0 aliphatic rings. The van der Waals surface area contributed by atoms with Crippen LogP contribution in [0.1, 0.15) is 18.1 Å². The van der Waals surface area contributed by atoms with Crippen LogP contribution in [0, 0.1) is 5.82 Å². The summed E-state index contributed by atoms with van der Waals surface area (Å²) in [7, 11) is 1.56. The molecule has 2 aromatic carbocycles. The predicted molar refractivity (Wildman–Crippen MR) is 153 cm³/mol. The van der Waals surface area contributed by atoms with Crippen LogP contribution in [0.2, 0.25) is 0 Å². The van der Waals surface area contributed by atoms with Gasteiger partial charge in [0.05, 0.1) is 31.8 Å². The minimum Gasteiger partial charge on any atom is -0.497 e. The number of aliphatic imine (C=N–C) groups is 1. The molecule has 0 unspecified atom stereocenters. The van der Waals surface area contributed by atoms with Gasteiger partial charge in [0.15, 0.2) is 0 Å². The third kappa shape index (κ3) is 9.79. The van der Waals surface area contributed by atoms with Gasteiger partial charge in [0.25, 0.3) is 0 Å². The molecule has 210 valence electrons. The van der Waals surface area contributed by atoms with Crippen LogP contribution in [-0.2, 0) is 13.1 Å². The number of nitrogens with zero attached hydrogens (tertiary/aromatic N) is 5. The average Bonchev–Trinajstić information content (AvgIpc) is 2.96. The standard InChI is InChI=1S/C21H25FN8O3.C3H8N2S/c1-33-17-8-4-15(5-9-17)12-29-19(26-11-10-25-18(23)28-24)27-20(31)30(21(29)32)13-14-2-6-16(22)7-3-14;1-3(5-4)6-2/h2-9H,10-13,24H2,1H3,(H3,23,25,28)(H,26,27,31);4H2,1-2H3/b;5-3+. The zero-order chi connectivity index (χ0) is 28.8. The Balaban J connectivity index is 0.000000798. The summed E-state index contributed by atoms with van der Waals surface area (Å²) in [6.07, 6.45) is 1.94. The smallest absolute Gasteiger partial charge is 0.355 e. The van der Waals surface area contributed by atoms with E-state index in [1.165, 1.54) is 28.8 Å². The molecule has 0 atom stereocenters. The van der Waals surface area contributed by atoms with E-state index >= 15 is 0 Å². The fourth-order valence-electron chi connectivity index (χ4n) is 3.07. The molecule has 0 aliphatic heterocycles. The highest BCUT2D eigenvalue weighted by atomic mass is 32.2. The molecule has 15 heteroatoms. The summed E-state index contributed by atoms with van der Waals surface area (Å²) >= 11 is 1.55. The van der Waals surface area contributed by atoms with Crippen molar-refractivity contribution in [3.63, 3.8) is 0 Å². The Morgan fingerprint density at radius 1 is 1.08 bits per heavy atom. The maximum absolute atomic E-state index is 13.3. The van der Waals surface area contributed by atoms with E-state index in [0.29, 0.717) is 11.3 Å². The van der Waals surface area contributed by atoms with Crippen molar-refractivity contribution in [2.24, 2.45) is 27.5 Å². The number of anilines is 1. The second kappa shape index (κ2) is 15.8. The number of nitrogens with one attached hydrogen (secondary N) is 2. The minimum atomic E-state index is -0.732. The molecule has 0 aliphatic carbocycles. The number of hydrazine groups is 1. The number of guanidine groups is 1. The Morgan fingerprint density at radius 3 is 2.18 bits per heavy atom. The van der Waals surface area contributed by atoms with Gasteiger partial charge in [0.2, 0.25) is 11.9 Å². The molecule has 3 rings (SSSR count). The highest BCUT2D eigenvalue weighted by molar-refractivity contribution is 8.13. The SMILES string of the molecule is COc1ccc(Cn2c(NCCN=C(N)NN)nc(=O)n(Cc3ccc(F)cc3)c2=O)cc1.CS/C(C)=N/N. The van der Waals surface area contributed by atoms with Gasteiger partial charge in [-0.3, -0.25) is 15.0 Å². The first-order chi connectivity index (χ1) is 18.7. The molecule has 1 aromatic heterocycles. The molecule has 0 amide bonds. The first-order valence-electron chi connectivity index (χ1n) is 11.6. The lowest BCUT2D eigenvalue weighted by Gasteiger charge is -2.15. The third-order valence-electron chi connectivity index (χ3n) is 5.21. The van der Waals surface area contributed by atoms with Gasteiger partial charge in [0.1, 0.15) is 11.6 Å². The summed E-state index contributed by atoms with van der Waals surface area (Å²) in [6, 6.07) is 12.7. The molecule has 13 nitrogen and oxygen atoms in total. The molecular weight excluding hydrogens is 527 g/mol. The second-order valence-electron chi connectivity index (χ2n) is 7.84. The number of rotatable bonds is 9. The number of nitrogens with two attached hydrogens (primary N) is 3. The van der Waals surface area contributed by atoms with Crippen LogP contribution in [0.15, 0.2) is 68.2 Å². The topological polar surface area (TPSA) is 193 Å². The molecule has 0 saturated carbocycles. The highest BCUT2D eigenvalue weighted by Crippen LogP contribution is 2.13. The van der Waals surface area contributed by atoms with E-state index in [0.717, 1.165) is 15.2 Å². The van der Waals surface area contributed by atoms with Crippen LogP contribution >= 0.6 is 11.8 Å². The first kappa shape index (κ1) is 30.9. The normalized spacial score (nSPS) is 11.4. The molecular formula is C24H33FN10O3S. The van der Waals surface area contributed by atoms with Gasteiger partial charge in [-0.15, -0.1) is 11.8 Å². The van der Waals surface area contributed by atoms with Gasteiger partial charge in [0, 0.05) is 6.54 Å². The van der Waals surface area contributed by atoms with Crippen molar-refractivity contribution < 1.29 is 9.13 Å². The second-order valence-corrected chi connectivity index (χ2v) is 8.84. The largest absolute Gasteiger partial charge is 0.497 e. The molecule has 0 radical (unpaired) electrons. The van der Waals surface area contributed by atoms with E-state index < -0.39 is 17.2 Å².